The number of nitrogens with two attached hydrogens (primary N) is 1. The molecule has 1 aromatic heterocycles. The van der Waals surface area contributed by atoms with Gasteiger partial charge in [0.15, 0.2) is 0 Å². The third-order valence-corrected chi connectivity index (χ3v) is 4.91. The number of sulfonamides is 1. The average molecular weight is 370 g/mol. The minimum absolute atomic E-state index is 0.138. The third kappa shape index (κ3) is 3.54. The largest absolute Gasteiger partial charge is 0.398 e. The van der Waals surface area contributed by atoms with Crippen LogP contribution in [0.1, 0.15) is 18.2 Å². The third-order valence-electron chi connectivity index (χ3n) is 3.10. The number of halogens is 1. The minimum atomic E-state index is -3.68. The van der Waals surface area contributed by atoms with Crippen LogP contribution in [-0.2, 0) is 16.4 Å². The number of hydrogen-bond acceptors (Lipinski definition) is 4. The number of pyridine rings is 1. The van der Waals surface area contributed by atoms with E-state index in [-0.39, 0.29) is 4.90 Å². The molecule has 1 heterocycles. The molecule has 0 aliphatic heterocycles. The van der Waals surface area contributed by atoms with Gasteiger partial charge in [-0.2, -0.15) is 0 Å². The Morgan fingerprint density at radius 1 is 1.29 bits per heavy atom. The van der Waals surface area contributed by atoms with Gasteiger partial charge in [0.1, 0.15) is 4.60 Å². The molecule has 2 rings (SSSR count). The van der Waals surface area contributed by atoms with Crippen molar-refractivity contribution in [2.45, 2.75) is 25.2 Å². The lowest BCUT2D eigenvalue weighted by molar-refractivity contribution is 0.601. The zero-order chi connectivity index (χ0) is 15.6. The minimum Gasteiger partial charge on any atom is -0.398 e. The van der Waals surface area contributed by atoms with Crippen LogP contribution in [0.2, 0.25) is 0 Å². The molecule has 0 aliphatic carbocycles. The van der Waals surface area contributed by atoms with Crippen molar-refractivity contribution in [3.05, 3.63) is 46.2 Å². The summed E-state index contributed by atoms with van der Waals surface area (Å²) >= 11 is 3.24. The number of aromatic nitrogens is 1. The highest BCUT2D eigenvalue weighted by Gasteiger charge is 2.16. The monoisotopic (exact) mass is 369 g/mol. The number of nitrogens with one attached hydrogen (secondary N) is 1. The summed E-state index contributed by atoms with van der Waals surface area (Å²) in [6, 6.07) is 8.10. The first-order valence-corrected chi connectivity index (χ1v) is 8.65. The maximum absolute atomic E-state index is 12.4. The fourth-order valence-corrected chi connectivity index (χ4v) is 3.45. The SMILES string of the molecule is CCc1ccc(S(=O)(=O)Nc2ccc(Br)nc2C)cc1N. The Kier molecular flexibility index (Phi) is 4.53. The van der Waals surface area contributed by atoms with Gasteiger partial charge in [-0.05, 0) is 59.1 Å². The summed E-state index contributed by atoms with van der Waals surface area (Å²) in [4.78, 5) is 4.30. The number of nitrogens with zero attached hydrogens (tertiary/aromatic N) is 1. The second-order valence-corrected chi connectivity index (χ2v) is 7.08. The molecule has 21 heavy (non-hydrogen) atoms. The summed E-state index contributed by atoms with van der Waals surface area (Å²) < 4.78 is 27.9. The number of aryl methyl sites for hydroxylation is 2. The van der Waals surface area contributed by atoms with Crippen LogP contribution in [0, 0.1) is 6.92 Å². The van der Waals surface area contributed by atoms with Gasteiger partial charge in [-0.25, -0.2) is 13.4 Å². The second kappa shape index (κ2) is 6.03. The van der Waals surface area contributed by atoms with Gasteiger partial charge in [0.2, 0.25) is 0 Å². The van der Waals surface area contributed by atoms with Crippen LogP contribution in [0.25, 0.3) is 0 Å². The van der Waals surface area contributed by atoms with E-state index in [0.29, 0.717) is 21.7 Å². The Balaban J connectivity index is 2.36. The van der Waals surface area contributed by atoms with E-state index in [2.05, 4.69) is 25.6 Å². The molecule has 1 aromatic carbocycles. The first kappa shape index (κ1) is 15.8. The quantitative estimate of drug-likeness (QED) is 0.640. The molecule has 0 amide bonds. The lowest BCUT2D eigenvalue weighted by atomic mass is 10.1. The van der Waals surface area contributed by atoms with E-state index in [4.69, 9.17) is 5.73 Å². The normalized spacial score (nSPS) is 11.4. The lowest BCUT2D eigenvalue weighted by Crippen LogP contribution is -2.14. The highest BCUT2D eigenvalue weighted by atomic mass is 79.9. The maximum atomic E-state index is 12.4. The van der Waals surface area contributed by atoms with Gasteiger partial charge in [-0.15, -0.1) is 0 Å². The van der Waals surface area contributed by atoms with Gasteiger partial charge in [-0.3, -0.25) is 4.72 Å². The molecule has 0 atom stereocenters. The van der Waals surface area contributed by atoms with E-state index < -0.39 is 10.0 Å². The Morgan fingerprint density at radius 2 is 2.00 bits per heavy atom. The highest BCUT2D eigenvalue weighted by molar-refractivity contribution is 9.10. The number of rotatable bonds is 4. The first-order valence-electron chi connectivity index (χ1n) is 6.38. The topological polar surface area (TPSA) is 85.1 Å². The molecule has 112 valence electrons. The van der Waals surface area contributed by atoms with Gasteiger partial charge in [0, 0.05) is 5.69 Å². The van der Waals surface area contributed by atoms with Crippen molar-refractivity contribution < 1.29 is 8.42 Å². The zero-order valence-corrected chi connectivity index (χ0v) is 14.1. The molecular weight excluding hydrogens is 354 g/mol. The van der Waals surface area contributed by atoms with E-state index >= 15 is 0 Å². The van der Waals surface area contributed by atoms with Crippen molar-refractivity contribution in [2.75, 3.05) is 10.5 Å². The van der Waals surface area contributed by atoms with Crippen molar-refractivity contribution in [3.8, 4) is 0 Å². The molecule has 0 unspecified atom stereocenters. The Hall–Kier alpha value is -1.60. The molecule has 7 heteroatoms. The lowest BCUT2D eigenvalue weighted by Gasteiger charge is -2.11. The summed E-state index contributed by atoms with van der Waals surface area (Å²) in [5, 5.41) is 0. The fraction of sp³-hybridized carbons (Fsp3) is 0.214. The van der Waals surface area contributed by atoms with E-state index in [0.717, 1.165) is 12.0 Å². The molecule has 0 radical (unpaired) electrons. The standard InChI is InChI=1S/C14H16BrN3O2S/c1-3-10-4-5-11(8-12(10)16)21(19,20)18-13-6-7-14(15)17-9(13)2/h4-8,18H,3,16H2,1-2H3. The van der Waals surface area contributed by atoms with E-state index in [1.165, 1.54) is 6.07 Å². The van der Waals surface area contributed by atoms with Crippen molar-refractivity contribution in [2.24, 2.45) is 0 Å². The molecule has 0 spiro atoms. The van der Waals surface area contributed by atoms with Crippen molar-refractivity contribution >= 4 is 37.3 Å². The zero-order valence-electron chi connectivity index (χ0n) is 11.7. The van der Waals surface area contributed by atoms with Gasteiger partial charge in [0.25, 0.3) is 10.0 Å². The Labute approximate surface area is 132 Å². The summed E-state index contributed by atoms with van der Waals surface area (Å²) in [6.07, 6.45) is 0.759. The van der Waals surface area contributed by atoms with Gasteiger partial charge >= 0.3 is 0 Å². The summed E-state index contributed by atoms with van der Waals surface area (Å²) in [6.45, 7) is 3.70. The average Bonchev–Trinajstić information content (AvgIpc) is 2.42. The predicted molar refractivity (Wildman–Crippen MR) is 87.7 cm³/mol. The second-order valence-electron chi connectivity index (χ2n) is 4.59. The van der Waals surface area contributed by atoms with Crippen LogP contribution in [0.3, 0.4) is 0 Å². The van der Waals surface area contributed by atoms with Crippen LogP contribution in [-0.4, -0.2) is 13.4 Å². The molecule has 0 bridgehead atoms. The van der Waals surface area contributed by atoms with Crippen molar-refractivity contribution in [1.82, 2.24) is 4.98 Å². The highest BCUT2D eigenvalue weighted by Crippen LogP contribution is 2.23. The van der Waals surface area contributed by atoms with Crippen LogP contribution in [0.5, 0.6) is 0 Å². The van der Waals surface area contributed by atoms with Gasteiger partial charge in [0.05, 0.1) is 16.3 Å². The van der Waals surface area contributed by atoms with E-state index in [1.807, 2.05) is 6.92 Å². The van der Waals surface area contributed by atoms with Crippen LogP contribution >= 0.6 is 15.9 Å². The van der Waals surface area contributed by atoms with Crippen molar-refractivity contribution in [1.29, 1.82) is 0 Å². The van der Waals surface area contributed by atoms with Crippen LogP contribution < -0.4 is 10.5 Å². The molecule has 2 aromatic rings. The Morgan fingerprint density at radius 3 is 2.57 bits per heavy atom. The number of benzene rings is 1. The predicted octanol–water partition coefficient (Wildman–Crippen LogP) is 3.10. The maximum Gasteiger partial charge on any atom is 0.262 e. The summed E-state index contributed by atoms with van der Waals surface area (Å²) in [5.41, 5.74) is 8.30. The molecule has 3 N–H and O–H groups in total. The van der Waals surface area contributed by atoms with E-state index in [1.54, 1.807) is 31.2 Å². The molecule has 0 saturated heterocycles. The summed E-state index contributed by atoms with van der Waals surface area (Å²) in [7, 11) is -3.68. The van der Waals surface area contributed by atoms with Crippen molar-refractivity contribution in [3.63, 3.8) is 0 Å². The number of nitrogen functional groups attached to an aromatic ring is 1. The summed E-state index contributed by atoms with van der Waals surface area (Å²) in [5.74, 6) is 0. The molecule has 0 aliphatic rings. The smallest absolute Gasteiger partial charge is 0.262 e. The Bertz CT molecular complexity index is 776. The first-order chi connectivity index (χ1) is 9.83. The van der Waals surface area contributed by atoms with E-state index in [9.17, 15) is 8.42 Å². The fourth-order valence-electron chi connectivity index (χ4n) is 1.90. The van der Waals surface area contributed by atoms with Crippen LogP contribution in [0.4, 0.5) is 11.4 Å². The molecule has 0 saturated carbocycles. The van der Waals surface area contributed by atoms with Crippen LogP contribution in [0.15, 0.2) is 39.8 Å². The van der Waals surface area contributed by atoms with Gasteiger partial charge in [-0.1, -0.05) is 13.0 Å². The molecule has 0 fully saturated rings. The molecular formula is C14H16BrN3O2S. The number of hydrogen-bond donors (Lipinski definition) is 2. The van der Waals surface area contributed by atoms with Gasteiger partial charge < -0.3 is 5.73 Å². The number of anilines is 2. The molecule has 5 nitrogen and oxygen atoms in total.